The van der Waals surface area contributed by atoms with Crippen LogP contribution in [0.15, 0.2) is 35.3 Å². The van der Waals surface area contributed by atoms with Crippen LogP contribution in [0, 0.1) is 0 Å². The first-order valence-corrected chi connectivity index (χ1v) is 8.18. The lowest BCUT2D eigenvalue weighted by molar-refractivity contribution is 0.0574. The first-order chi connectivity index (χ1) is 10.2. The van der Waals surface area contributed by atoms with E-state index in [-0.39, 0.29) is 10.5 Å². The van der Waals surface area contributed by atoms with E-state index in [9.17, 15) is 4.79 Å². The van der Waals surface area contributed by atoms with Crippen molar-refractivity contribution in [3.63, 3.8) is 0 Å². The van der Waals surface area contributed by atoms with Gasteiger partial charge in [-0.1, -0.05) is 30.0 Å². The SMILES string of the molecule is CN1CCSC1=NC(=O)[N+]1(c2ccccc2)CCOCC1. The maximum atomic E-state index is 12.9. The van der Waals surface area contributed by atoms with Crippen molar-refractivity contribution in [2.75, 3.05) is 45.6 Å². The van der Waals surface area contributed by atoms with E-state index in [1.807, 2.05) is 42.3 Å². The molecule has 3 rings (SSSR count). The number of carbonyl (C=O) groups is 1. The summed E-state index contributed by atoms with van der Waals surface area (Å²) < 4.78 is 5.72. The van der Waals surface area contributed by atoms with Crippen LogP contribution in [0.4, 0.5) is 10.5 Å². The van der Waals surface area contributed by atoms with Crippen LogP contribution in [-0.4, -0.2) is 61.7 Å². The van der Waals surface area contributed by atoms with Gasteiger partial charge in [-0.25, -0.2) is 9.28 Å². The molecular weight excluding hydrogens is 286 g/mol. The standard InChI is InChI=1S/C15H20N3O2S/c1-17-7-12-21-14(17)16-15(19)18(8-10-20-11-9-18)13-5-3-2-4-6-13/h2-6H,7-12H2,1H3/q+1. The number of nitrogens with zero attached hydrogens (tertiary/aromatic N) is 3. The van der Waals surface area contributed by atoms with Crippen LogP contribution < -0.4 is 4.48 Å². The molecule has 2 aliphatic rings. The van der Waals surface area contributed by atoms with Gasteiger partial charge in [0.1, 0.15) is 18.8 Å². The molecule has 2 fully saturated rings. The minimum atomic E-state index is -0.0826. The topological polar surface area (TPSA) is 41.9 Å². The van der Waals surface area contributed by atoms with Crippen molar-refractivity contribution in [2.24, 2.45) is 4.99 Å². The number of benzene rings is 1. The third kappa shape index (κ3) is 2.84. The Labute approximate surface area is 129 Å². The fraction of sp³-hybridized carbons (Fsp3) is 0.467. The molecule has 5 nitrogen and oxygen atoms in total. The number of ether oxygens (including phenoxy) is 1. The quantitative estimate of drug-likeness (QED) is 0.746. The normalized spacial score (nSPS) is 23.5. The van der Waals surface area contributed by atoms with Gasteiger partial charge in [0.05, 0.1) is 13.2 Å². The van der Waals surface area contributed by atoms with E-state index in [2.05, 4.69) is 4.99 Å². The second kappa shape index (κ2) is 6.17. The second-order valence-corrected chi connectivity index (χ2v) is 6.37. The minimum Gasteiger partial charge on any atom is -0.370 e. The zero-order valence-corrected chi connectivity index (χ0v) is 13.0. The van der Waals surface area contributed by atoms with Crippen LogP contribution in [0.5, 0.6) is 0 Å². The van der Waals surface area contributed by atoms with Crippen LogP contribution >= 0.6 is 11.8 Å². The fourth-order valence-corrected chi connectivity index (χ4v) is 3.70. The van der Waals surface area contributed by atoms with Gasteiger partial charge in [-0.05, 0) is 12.1 Å². The zero-order valence-electron chi connectivity index (χ0n) is 12.2. The van der Waals surface area contributed by atoms with Gasteiger partial charge in [0, 0.05) is 19.3 Å². The van der Waals surface area contributed by atoms with Crippen LogP contribution in [-0.2, 0) is 4.74 Å². The molecule has 6 heteroatoms. The average Bonchev–Trinajstić information content (AvgIpc) is 2.94. The minimum absolute atomic E-state index is 0.0826. The van der Waals surface area contributed by atoms with E-state index in [0.717, 1.165) is 23.2 Å². The van der Waals surface area contributed by atoms with E-state index in [1.54, 1.807) is 11.8 Å². The summed E-state index contributed by atoms with van der Waals surface area (Å²) >= 11 is 1.65. The third-order valence-electron chi connectivity index (χ3n) is 4.03. The molecular formula is C15H20N3O2S+. The Morgan fingerprint density at radius 1 is 1.29 bits per heavy atom. The van der Waals surface area contributed by atoms with Crippen molar-refractivity contribution in [2.45, 2.75) is 0 Å². The highest BCUT2D eigenvalue weighted by molar-refractivity contribution is 8.14. The molecule has 0 spiro atoms. The summed E-state index contributed by atoms with van der Waals surface area (Å²) in [6.07, 6.45) is 0. The molecule has 2 aliphatic heterocycles. The molecule has 2 amide bonds. The zero-order chi connectivity index (χ0) is 14.7. The Bertz CT molecular complexity index is 541. The highest BCUT2D eigenvalue weighted by Gasteiger charge is 2.41. The van der Waals surface area contributed by atoms with E-state index < -0.39 is 0 Å². The second-order valence-electron chi connectivity index (χ2n) is 5.31. The van der Waals surface area contributed by atoms with Crippen molar-refractivity contribution >= 4 is 28.6 Å². The number of urea groups is 1. The molecule has 1 aromatic rings. The summed E-state index contributed by atoms with van der Waals surface area (Å²) in [6, 6.07) is 9.85. The average molecular weight is 306 g/mol. The van der Waals surface area contributed by atoms with Crippen molar-refractivity contribution in [1.82, 2.24) is 9.38 Å². The van der Waals surface area contributed by atoms with Gasteiger partial charge in [-0.15, -0.1) is 4.99 Å². The fourth-order valence-electron chi connectivity index (χ4n) is 2.70. The first-order valence-electron chi connectivity index (χ1n) is 7.20. The van der Waals surface area contributed by atoms with E-state index in [1.165, 1.54) is 0 Å². The summed E-state index contributed by atoms with van der Waals surface area (Å²) in [7, 11) is 1.98. The number of amides is 2. The van der Waals surface area contributed by atoms with E-state index in [4.69, 9.17) is 4.74 Å². The van der Waals surface area contributed by atoms with E-state index in [0.29, 0.717) is 26.3 Å². The van der Waals surface area contributed by atoms with Crippen molar-refractivity contribution in [1.29, 1.82) is 0 Å². The number of morpholine rings is 1. The summed E-state index contributed by atoms with van der Waals surface area (Å²) in [5.41, 5.74) is 1.00. The lowest BCUT2D eigenvalue weighted by Crippen LogP contribution is -2.59. The van der Waals surface area contributed by atoms with Gasteiger partial charge in [-0.3, -0.25) is 0 Å². The molecule has 0 aromatic heterocycles. The monoisotopic (exact) mass is 306 g/mol. The predicted octanol–water partition coefficient (Wildman–Crippen LogP) is 2.18. The Balaban J connectivity index is 1.94. The summed E-state index contributed by atoms with van der Waals surface area (Å²) in [6.45, 7) is 3.43. The molecule has 0 radical (unpaired) electrons. The predicted molar refractivity (Wildman–Crippen MR) is 86.7 cm³/mol. The van der Waals surface area contributed by atoms with Crippen LogP contribution in [0.2, 0.25) is 0 Å². The Morgan fingerprint density at radius 2 is 2.00 bits per heavy atom. The molecule has 2 heterocycles. The van der Waals surface area contributed by atoms with Crippen molar-refractivity contribution in [3.8, 4) is 0 Å². The lowest BCUT2D eigenvalue weighted by atomic mass is 10.2. The highest BCUT2D eigenvalue weighted by Crippen LogP contribution is 2.27. The number of aliphatic imine (C=N–C) groups is 1. The molecule has 0 unspecified atom stereocenters. The van der Waals surface area contributed by atoms with Gasteiger partial charge >= 0.3 is 6.03 Å². The Kier molecular flexibility index (Phi) is 4.28. The molecule has 21 heavy (non-hydrogen) atoms. The molecule has 2 saturated heterocycles. The van der Waals surface area contributed by atoms with Gasteiger partial charge < -0.3 is 9.64 Å². The molecule has 0 bridgehead atoms. The number of thioether (sulfide) groups is 1. The number of quaternary nitrogens is 1. The lowest BCUT2D eigenvalue weighted by Gasteiger charge is -2.36. The molecule has 0 aliphatic carbocycles. The molecule has 0 atom stereocenters. The smallest absolute Gasteiger partial charge is 0.370 e. The number of hydrogen-bond donors (Lipinski definition) is 0. The number of carbonyl (C=O) groups excluding carboxylic acids is 1. The van der Waals surface area contributed by atoms with E-state index >= 15 is 0 Å². The molecule has 0 saturated carbocycles. The largest absolute Gasteiger partial charge is 0.450 e. The van der Waals surface area contributed by atoms with Crippen molar-refractivity contribution < 1.29 is 9.53 Å². The maximum Gasteiger partial charge on any atom is 0.450 e. The van der Waals surface area contributed by atoms with Gasteiger partial charge in [0.2, 0.25) is 0 Å². The molecule has 0 N–H and O–H groups in total. The number of para-hydroxylation sites is 1. The third-order valence-corrected chi connectivity index (χ3v) is 5.07. The number of amidine groups is 1. The summed E-state index contributed by atoms with van der Waals surface area (Å²) in [4.78, 5) is 19.4. The summed E-state index contributed by atoms with van der Waals surface area (Å²) in [5, 5.41) is 0.833. The Morgan fingerprint density at radius 3 is 2.62 bits per heavy atom. The van der Waals surface area contributed by atoms with Crippen LogP contribution in [0.1, 0.15) is 0 Å². The van der Waals surface area contributed by atoms with Crippen LogP contribution in [0.25, 0.3) is 0 Å². The van der Waals surface area contributed by atoms with Crippen molar-refractivity contribution in [3.05, 3.63) is 30.3 Å². The van der Waals surface area contributed by atoms with Gasteiger partial charge in [0.25, 0.3) is 0 Å². The van der Waals surface area contributed by atoms with Crippen LogP contribution in [0.3, 0.4) is 0 Å². The number of hydrogen-bond acceptors (Lipinski definition) is 3. The molecule has 1 aromatic carbocycles. The maximum absolute atomic E-state index is 12.9. The van der Waals surface area contributed by atoms with Gasteiger partial charge in [-0.2, -0.15) is 0 Å². The number of rotatable bonds is 1. The van der Waals surface area contributed by atoms with Gasteiger partial charge in [0.15, 0.2) is 5.17 Å². The summed E-state index contributed by atoms with van der Waals surface area (Å²) in [5.74, 6) is 0.997. The molecule has 112 valence electrons. The first kappa shape index (κ1) is 14.6. The highest BCUT2D eigenvalue weighted by atomic mass is 32.2. The Hall–Kier alpha value is -1.37.